The van der Waals surface area contributed by atoms with Gasteiger partial charge in [0.05, 0.1) is 18.9 Å². The molecule has 1 heterocycles. The van der Waals surface area contributed by atoms with E-state index in [-0.39, 0.29) is 6.54 Å². The molecule has 0 bridgehead atoms. The van der Waals surface area contributed by atoms with E-state index in [0.717, 1.165) is 28.1 Å². The molecule has 0 aliphatic heterocycles. The molecule has 116 valence electrons. The molecule has 2 N–H and O–H groups in total. The fourth-order valence-electron chi connectivity index (χ4n) is 2.72. The number of aromatic nitrogens is 1. The monoisotopic (exact) mass is 318 g/mol. The van der Waals surface area contributed by atoms with Crippen molar-refractivity contribution in [1.82, 2.24) is 9.29 Å². The molecule has 3 aromatic rings. The molecule has 0 aliphatic rings. The number of para-hydroxylation sites is 2. The van der Waals surface area contributed by atoms with Crippen molar-refractivity contribution >= 4 is 31.8 Å². The predicted octanol–water partition coefficient (Wildman–Crippen LogP) is 1.70. The average molecular weight is 318 g/mol. The van der Waals surface area contributed by atoms with Crippen LogP contribution in [-0.2, 0) is 16.6 Å². The average Bonchev–Trinajstić information content (AvgIpc) is 2.80. The molecule has 0 saturated heterocycles. The minimum absolute atomic E-state index is 0.000330. The Balaban J connectivity index is 1.98. The fraction of sp³-hybridized carbons (Fsp3) is 0.250. The zero-order valence-electron chi connectivity index (χ0n) is 12.2. The van der Waals surface area contributed by atoms with Crippen LogP contribution in [0, 0.1) is 0 Å². The summed E-state index contributed by atoms with van der Waals surface area (Å²) in [5.74, 6) is 0. The normalized spacial score (nSPS) is 13.7. The molecular weight excluding hydrogens is 300 g/mol. The fourth-order valence-corrected chi connectivity index (χ4v) is 3.22. The zero-order chi connectivity index (χ0) is 15.7. The Morgan fingerprint density at radius 1 is 1.05 bits per heavy atom. The predicted molar refractivity (Wildman–Crippen MR) is 88.3 cm³/mol. The number of aliphatic hydroxyl groups excluding tert-OH is 1. The number of hydrogen-bond acceptors (Lipinski definition) is 3. The van der Waals surface area contributed by atoms with Crippen molar-refractivity contribution in [2.45, 2.75) is 12.6 Å². The van der Waals surface area contributed by atoms with Gasteiger partial charge in [0.25, 0.3) is 0 Å². The molecule has 0 fully saturated rings. The Hall–Kier alpha value is -1.89. The molecule has 6 heteroatoms. The van der Waals surface area contributed by atoms with Crippen molar-refractivity contribution in [2.24, 2.45) is 0 Å². The molecule has 0 spiro atoms. The summed E-state index contributed by atoms with van der Waals surface area (Å²) in [5, 5.41) is 12.4. The molecule has 5 nitrogen and oxygen atoms in total. The van der Waals surface area contributed by atoms with E-state index in [1.165, 1.54) is 0 Å². The maximum atomic E-state index is 11.1. The number of nitrogens with zero attached hydrogens (tertiary/aromatic N) is 1. The third-order valence-electron chi connectivity index (χ3n) is 3.65. The molecule has 0 radical (unpaired) electrons. The standard InChI is InChI=1S/C16H18N2O3S/c1-22(20,21)17-10-12(19)11-18-15-8-4-2-6-13(15)14-7-3-5-9-16(14)18/h2-9,12,17,19H,10-11H2,1H3/t12-/m1/s1. The molecule has 0 amide bonds. The Labute approximate surface area is 129 Å². The molecule has 2 aromatic carbocycles. The molecule has 0 unspecified atom stereocenters. The maximum Gasteiger partial charge on any atom is 0.208 e. The van der Waals surface area contributed by atoms with Crippen LogP contribution in [-0.4, -0.2) is 37.0 Å². The first-order valence-electron chi connectivity index (χ1n) is 7.04. The van der Waals surface area contributed by atoms with Crippen LogP contribution < -0.4 is 4.72 Å². The third kappa shape index (κ3) is 2.99. The van der Waals surface area contributed by atoms with Gasteiger partial charge >= 0.3 is 0 Å². The van der Waals surface area contributed by atoms with Gasteiger partial charge in [-0.15, -0.1) is 0 Å². The summed E-state index contributed by atoms with van der Waals surface area (Å²) in [7, 11) is -3.30. The molecule has 3 rings (SSSR count). The van der Waals surface area contributed by atoms with Gasteiger partial charge in [0.1, 0.15) is 0 Å². The Bertz CT molecular complexity index is 862. The SMILES string of the molecule is CS(=O)(=O)NC[C@@H](O)Cn1c2ccccc2c2ccccc21. The number of nitrogens with one attached hydrogen (secondary N) is 1. The van der Waals surface area contributed by atoms with Gasteiger partial charge < -0.3 is 9.67 Å². The number of rotatable bonds is 5. The number of aliphatic hydroxyl groups is 1. The van der Waals surface area contributed by atoms with E-state index in [2.05, 4.69) is 16.9 Å². The van der Waals surface area contributed by atoms with E-state index in [4.69, 9.17) is 0 Å². The van der Waals surface area contributed by atoms with Crippen LogP contribution in [0.3, 0.4) is 0 Å². The molecule has 0 aliphatic carbocycles. The molecule has 1 aromatic heterocycles. The molecule has 1 atom stereocenters. The quantitative estimate of drug-likeness (QED) is 0.752. The maximum absolute atomic E-state index is 11.1. The first kappa shape index (κ1) is 15.0. The highest BCUT2D eigenvalue weighted by Crippen LogP contribution is 2.28. The van der Waals surface area contributed by atoms with Gasteiger partial charge in [-0.25, -0.2) is 13.1 Å². The smallest absolute Gasteiger partial charge is 0.208 e. The Morgan fingerprint density at radius 3 is 2.05 bits per heavy atom. The summed E-state index contributed by atoms with van der Waals surface area (Å²) in [5.41, 5.74) is 2.06. The lowest BCUT2D eigenvalue weighted by Gasteiger charge is -2.14. The van der Waals surface area contributed by atoms with Gasteiger partial charge in [-0.3, -0.25) is 0 Å². The lowest BCUT2D eigenvalue weighted by Crippen LogP contribution is -2.33. The number of fused-ring (bicyclic) bond motifs is 3. The molecule has 0 saturated carbocycles. The minimum Gasteiger partial charge on any atom is -0.390 e. The Kier molecular flexibility index (Phi) is 3.90. The van der Waals surface area contributed by atoms with Gasteiger partial charge in [0.15, 0.2) is 0 Å². The van der Waals surface area contributed by atoms with E-state index in [1.807, 2.05) is 41.0 Å². The summed E-state index contributed by atoms with van der Waals surface area (Å²) in [6.07, 6.45) is 0.286. The highest BCUT2D eigenvalue weighted by atomic mass is 32.2. The van der Waals surface area contributed by atoms with Gasteiger partial charge in [-0.1, -0.05) is 36.4 Å². The second-order valence-corrected chi connectivity index (χ2v) is 7.25. The third-order valence-corrected chi connectivity index (χ3v) is 4.35. The second kappa shape index (κ2) is 5.72. The highest BCUT2D eigenvalue weighted by Gasteiger charge is 2.14. The second-order valence-electron chi connectivity index (χ2n) is 5.42. The van der Waals surface area contributed by atoms with Crippen molar-refractivity contribution in [3.05, 3.63) is 48.5 Å². The van der Waals surface area contributed by atoms with Crippen LogP contribution >= 0.6 is 0 Å². The number of sulfonamides is 1. The first-order chi connectivity index (χ1) is 10.5. The first-order valence-corrected chi connectivity index (χ1v) is 8.93. The molecular formula is C16H18N2O3S. The largest absolute Gasteiger partial charge is 0.390 e. The van der Waals surface area contributed by atoms with E-state index >= 15 is 0 Å². The summed E-state index contributed by atoms with van der Waals surface area (Å²) < 4.78 is 26.6. The van der Waals surface area contributed by atoms with Gasteiger partial charge in [0.2, 0.25) is 10.0 Å². The van der Waals surface area contributed by atoms with E-state index in [9.17, 15) is 13.5 Å². The topological polar surface area (TPSA) is 71.3 Å². The van der Waals surface area contributed by atoms with E-state index in [0.29, 0.717) is 6.54 Å². The summed E-state index contributed by atoms with van der Waals surface area (Å²) in [4.78, 5) is 0. The van der Waals surface area contributed by atoms with Crippen molar-refractivity contribution < 1.29 is 13.5 Å². The lowest BCUT2D eigenvalue weighted by atomic mass is 10.2. The van der Waals surface area contributed by atoms with Crippen LogP contribution in [0.1, 0.15) is 0 Å². The summed E-state index contributed by atoms with van der Waals surface area (Å²) in [6, 6.07) is 16.0. The zero-order valence-corrected chi connectivity index (χ0v) is 13.0. The van der Waals surface area contributed by atoms with Gasteiger partial charge in [0, 0.05) is 28.4 Å². The van der Waals surface area contributed by atoms with Crippen molar-refractivity contribution in [3.8, 4) is 0 Å². The van der Waals surface area contributed by atoms with E-state index < -0.39 is 16.1 Å². The van der Waals surface area contributed by atoms with Crippen LogP contribution in [0.4, 0.5) is 0 Å². The number of benzene rings is 2. The van der Waals surface area contributed by atoms with Gasteiger partial charge in [-0.05, 0) is 12.1 Å². The van der Waals surface area contributed by atoms with Crippen LogP contribution in [0.15, 0.2) is 48.5 Å². The van der Waals surface area contributed by atoms with Crippen LogP contribution in [0.5, 0.6) is 0 Å². The lowest BCUT2D eigenvalue weighted by molar-refractivity contribution is 0.161. The molecule has 22 heavy (non-hydrogen) atoms. The van der Waals surface area contributed by atoms with Crippen LogP contribution in [0.2, 0.25) is 0 Å². The van der Waals surface area contributed by atoms with Gasteiger partial charge in [-0.2, -0.15) is 0 Å². The van der Waals surface area contributed by atoms with Crippen LogP contribution in [0.25, 0.3) is 21.8 Å². The summed E-state index contributed by atoms with van der Waals surface area (Å²) in [6.45, 7) is 0.330. The van der Waals surface area contributed by atoms with E-state index in [1.54, 1.807) is 0 Å². The van der Waals surface area contributed by atoms with Crippen molar-refractivity contribution in [3.63, 3.8) is 0 Å². The summed E-state index contributed by atoms with van der Waals surface area (Å²) >= 11 is 0. The minimum atomic E-state index is -3.30. The van der Waals surface area contributed by atoms with Crippen molar-refractivity contribution in [2.75, 3.05) is 12.8 Å². The Morgan fingerprint density at radius 2 is 1.55 bits per heavy atom. The highest BCUT2D eigenvalue weighted by molar-refractivity contribution is 7.88. The number of hydrogen-bond donors (Lipinski definition) is 2. The van der Waals surface area contributed by atoms with Crippen molar-refractivity contribution in [1.29, 1.82) is 0 Å².